The molecule has 0 spiro atoms. The second-order valence-corrected chi connectivity index (χ2v) is 8.30. The molecule has 7 heteroatoms. The highest BCUT2D eigenvalue weighted by atomic mass is 19.1. The predicted octanol–water partition coefficient (Wildman–Crippen LogP) is 4.54. The maximum absolute atomic E-state index is 14.1. The van der Waals surface area contributed by atoms with Crippen LogP contribution in [-0.4, -0.2) is 24.5 Å². The van der Waals surface area contributed by atoms with Crippen molar-refractivity contribution in [2.75, 3.05) is 0 Å². The lowest BCUT2D eigenvalue weighted by molar-refractivity contribution is 0.614. The Morgan fingerprint density at radius 3 is 2.67 bits per heavy atom. The van der Waals surface area contributed by atoms with Crippen LogP contribution in [0.3, 0.4) is 0 Å². The first kappa shape index (κ1) is 19.4. The van der Waals surface area contributed by atoms with Gasteiger partial charge in [-0.15, -0.1) is 0 Å². The number of aromatic amines is 1. The minimum Gasteiger partial charge on any atom is -0.339 e. The molecule has 0 unspecified atom stereocenters. The molecule has 0 aliphatic rings. The van der Waals surface area contributed by atoms with Crippen LogP contribution in [0.25, 0.3) is 32.7 Å². The Kier molecular flexibility index (Phi) is 4.36. The van der Waals surface area contributed by atoms with Crippen molar-refractivity contribution < 1.29 is 4.39 Å². The summed E-state index contributed by atoms with van der Waals surface area (Å²) in [6.07, 6.45) is 4.01. The first-order chi connectivity index (χ1) is 16.1. The SMILES string of the molecule is Cn1c2cc(Cc3ccccc3F)ccc2c2cnn(Cc3cccc4[nH]ncc34)c(=O)c21. The zero-order chi connectivity index (χ0) is 22.5. The van der Waals surface area contributed by atoms with Gasteiger partial charge in [-0.25, -0.2) is 9.07 Å². The number of rotatable bonds is 4. The number of benzene rings is 3. The number of hydrogen-bond acceptors (Lipinski definition) is 3. The fourth-order valence-corrected chi connectivity index (χ4v) is 4.62. The van der Waals surface area contributed by atoms with Crippen LogP contribution in [0.15, 0.2) is 77.9 Å². The van der Waals surface area contributed by atoms with Gasteiger partial charge in [0, 0.05) is 35.1 Å². The van der Waals surface area contributed by atoms with Crippen molar-refractivity contribution in [3.63, 3.8) is 0 Å². The molecule has 6 nitrogen and oxygen atoms in total. The monoisotopic (exact) mass is 437 g/mol. The minimum atomic E-state index is -0.214. The number of H-pyrrole nitrogens is 1. The van der Waals surface area contributed by atoms with Crippen LogP contribution in [0.1, 0.15) is 16.7 Å². The number of nitrogens with one attached hydrogen (secondary N) is 1. The molecule has 0 amide bonds. The third kappa shape index (κ3) is 3.12. The normalized spacial score (nSPS) is 11.7. The molecule has 6 aromatic rings. The highest BCUT2D eigenvalue weighted by Crippen LogP contribution is 2.27. The van der Waals surface area contributed by atoms with Gasteiger partial charge in [-0.1, -0.05) is 42.5 Å². The molecule has 0 bridgehead atoms. The molecule has 3 aromatic carbocycles. The number of nitrogens with zero attached hydrogens (tertiary/aromatic N) is 4. The molecule has 0 saturated carbocycles. The number of aryl methyl sites for hydroxylation is 1. The van der Waals surface area contributed by atoms with Gasteiger partial charge in [0.15, 0.2) is 0 Å². The Hall–Kier alpha value is -4.26. The molecule has 0 saturated heterocycles. The van der Waals surface area contributed by atoms with Gasteiger partial charge >= 0.3 is 0 Å². The Morgan fingerprint density at radius 2 is 1.79 bits per heavy atom. The van der Waals surface area contributed by atoms with Gasteiger partial charge in [0.1, 0.15) is 11.3 Å². The lowest BCUT2D eigenvalue weighted by Crippen LogP contribution is -2.24. The predicted molar refractivity (Wildman–Crippen MR) is 127 cm³/mol. The van der Waals surface area contributed by atoms with E-state index >= 15 is 0 Å². The lowest BCUT2D eigenvalue weighted by atomic mass is 10.0. The highest BCUT2D eigenvalue weighted by molar-refractivity contribution is 6.07. The van der Waals surface area contributed by atoms with Crippen molar-refractivity contribution in [2.45, 2.75) is 13.0 Å². The van der Waals surface area contributed by atoms with Crippen molar-refractivity contribution in [1.29, 1.82) is 0 Å². The molecule has 0 fully saturated rings. The van der Waals surface area contributed by atoms with E-state index in [1.54, 1.807) is 24.5 Å². The van der Waals surface area contributed by atoms with E-state index in [0.29, 0.717) is 24.0 Å². The topological polar surface area (TPSA) is 68.5 Å². The first-order valence-electron chi connectivity index (χ1n) is 10.7. The summed E-state index contributed by atoms with van der Waals surface area (Å²) in [6, 6.07) is 18.7. The minimum absolute atomic E-state index is 0.151. The standard InChI is InChI=1S/C26H20FN5O/c1-31-24-12-16(11-17-5-2-3-7-22(17)27)9-10-19(24)21-14-29-32(26(33)25(21)31)15-18-6-4-8-23-20(18)13-28-30-23/h2-10,12-14H,11,15H2,1H3,(H,28,30). The van der Waals surface area contributed by atoms with Crippen molar-refractivity contribution in [3.05, 3.63) is 106 Å². The molecule has 3 aromatic heterocycles. The summed E-state index contributed by atoms with van der Waals surface area (Å²) in [5, 5.41) is 14.3. The van der Waals surface area contributed by atoms with Crippen molar-refractivity contribution >= 4 is 32.7 Å². The van der Waals surface area contributed by atoms with Gasteiger partial charge in [-0.2, -0.15) is 10.2 Å². The quantitative estimate of drug-likeness (QED) is 0.440. The van der Waals surface area contributed by atoms with Crippen LogP contribution in [0.5, 0.6) is 0 Å². The van der Waals surface area contributed by atoms with Gasteiger partial charge in [-0.3, -0.25) is 9.89 Å². The van der Waals surface area contributed by atoms with Crippen molar-refractivity contribution in [3.8, 4) is 0 Å². The molecule has 6 rings (SSSR count). The molecular formula is C26H20FN5O. The Bertz CT molecular complexity index is 1730. The fourth-order valence-electron chi connectivity index (χ4n) is 4.62. The van der Waals surface area contributed by atoms with Gasteiger partial charge in [-0.05, 0) is 34.9 Å². The highest BCUT2D eigenvalue weighted by Gasteiger charge is 2.16. The molecule has 0 radical (unpaired) electrons. The van der Waals surface area contributed by atoms with Gasteiger partial charge in [0.25, 0.3) is 5.56 Å². The Balaban J connectivity index is 1.45. The average molecular weight is 437 g/mol. The summed E-state index contributed by atoms with van der Waals surface area (Å²) in [5.74, 6) is -0.214. The van der Waals surface area contributed by atoms with Crippen LogP contribution in [-0.2, 0) is 20.0 Å². The second-order valence-electron chi connectivity index (χ2n) is 8.30. The smallest absolute Gasteiger partial charge is 0.291 e. The van der Waals surface area contributed by atoms with E-state index in [0.717, 1.165) is 38.3 Å². The van der Waals surface area contributed by atoms with Crippen LogP contribution >= 0.6 is 0 Å². The van der Waals surface area contributed by atoms with Gasteiger partial charge < -0.3 is 4.57 Å². The van der Waals surface area contributed by atoms with E-state index in [-0.39, 0.29) is 11.4 Å². The molecule has 162 valence electrons. The summed E-state index contributed by atoms with van der Waals surface area (Å²) >= 11 is 0. The zero-order valence-corrected chi connectivity index (χ0v) is 17.9. The van der Waals surface area contributed by atoms with Crippen molar-refractivity contribution in [2.24, 2.45) is 7.05 Å². The Morgan fingerprint density at radius 1 is 0.939 bits per heavy atom. The molecule has 1 N–H and O–H groups in total. The van der Waals surface area contributed by atoms with E-state index < -0.39 is 0 Å². The number of aromatic nitrogens is 5. The van der Waals surface area contributed by atoms with Crippen LogP contribution in [0.4, 0.5) is 4.39 Å². The second kappa shape index (κ2) is 7.41. The maximum Gasteiger partial charge on any atom is 0.291 e. The van der Waals surface area contributed by atoms with Gasteiger partial charge in [0.05, 0.1) is 24.5 Å². The van der Waals surface area contributed by atoms with E-state index in [1.807, 2.05) is 54.1 Å². The molecular weight excluding hydrogens is 417 g/mol. The van der Waals surface area contributed by atoms with Crippen LogP contribution in [0, 0.1) is 5.82 Å². The summed E-state index contributed by atoms with van der Waals surface area (Å²) in [4.78, 5) is 13.4. The molecule has 0 atom stereocenters. The van der Waals surface area contributed by atoms with E-state index in [9.17, 15) is 9.18 Å². The molecule has 3 heterocycles. The van der Waals surface area contributed by atoms with Crippen LogP contribution < -0.4 is 5.56 Å². The number of fused-ring (bicyclic) bond motifs is 4. The van der Waals surface area contributed by atoms with Gasteiger partial charge in [0.2, 0.25) is 0 Å². The fraction of sp³-hybridized carbons (Fsp3) is 0.115. The third-order valence-corrected chi connectivity index (χ3v) is 6.32. The number of halogens is 1. The zero-order valence-electron chi connectivity index (χ0n) is 17.9. The summed E-state index contributed by atoms with van der Waals surface area (Å²) < 4.78 is 17.5. The Labute approximate surface area is 187 Å². The largest absolute Gasteiger partial charge is 0.339 e. The molecule has 33 heavy (non-hydrogen) atoms. The molecule has 0 aliphatic heterocycles. The van der Waals surface area contributed by atoms with E-state index in [4.69, 9.17) is 0 Å². The van der Waals surface area contributed by atoms with Crippen molar-refractivity contribution in [1.82, 2.24) is 24.5 Å². The van der Waals surface area contributed by atoms with E-state index in [2.05, 4.69) is 15.3 Å². The lowest BCUT2D eigenvalue weighted by Gasteiger charge is -2.07. The maximum atomic E-state index is 14.1. The van der Waals surface area contributed by atoms with Crippen LogP contribution in [0.2, 0.25) is 0 Å². The average Bonchev–Trinajstić information content (AvgIpc) is 3.41. The summed E-state index contributed by atoms with van der Waals surface area (Å²) in [6.45, 7) is 0.353. The molecule has 0 aliphatic carbocycles. The first-order valence-corrected chi connectivity index (χ1v) is 10.7. The summed E-state index contributed by atoms with van der Waals surface area (Å²) in [5.41, 5.74) is 4.90. The van der Waals surface area contributed by atoms with E-state index in [1.165, 1.54) is 10.7 Å². The third-order valence-electron chi connectivity index (χ3n) is 6.32. The summed E-state index contributed by atoms with van der Waals surface area (Å²) in [7, 11) is 1.89. The number of hydrogen-bond donors (Lipinski definition) is 1.